The van der Waals surface area contributed by atoms with Gasteiger partial charge in [0.05, 0.1) is 0 Å². The molecule has 2 aromatic carbocycles. The minimum absolute atomic E-state index is 0.254. The topological polar surface area (TPSA) is 23.5 Å². The molecule has 1 saturated carbocycles. The van der Waals surface area contributed by atoms with E-state index in [1.165, 1.54) is 45.2 Å². The number of aliphatic hydroxyl groups is 1. The molecule has 1 aliphatic carbocycles. The fourth-order valence-electron chi connectivity index (χ4n) is 5.09. The van der Waals surface area contributed by atoms with Crippen LogP contribution >= 0.6 is 0 Å². The van der Waals surface area contributed by atoms with Crippen molar-refractivity contribution < 1.29 is 5.11 Å². The van der Waals surface area contributed by atoms with E-state index in [4.69, 9.17) is 0 Å². The summed E-state index contributed by atoms with van der Waals surface area (Å²) in [6.45, 7) is 2.39. The van der Waals surface area contributed by atoms with Gasteiger partial charge in [0.1, 0.15) is 5.60 Å². The number of hydrogen-bond donors (Lipinski definition) is 1. The molecule has 2 atom stereocenters. The summed E-state index contributed by atoms with van der Waals surface area (Å²) in [4.78, 5) is 2.65. The molecule has 2 nitrogen and oxygen atoms in total. The van der Waals surface area contributed by atoms with Crippen LogP contribution < -0.4 is 0 Å². The Kier molecular flexibility index (Phi) is 4.91. The van der Waals surface area contributed by atoms with E-state index in [1.807, 2.05) is 12.1 Å². The van der Waals surface area contributed by atoms with Crippen LogP contribution in [0.3, 0.4) is 0 Å². The van der Waals surface area contributed by atoms with Crippen molar-refractivity contribution in [1.82, 2.24) is 4.90 Å². The Hall–Kier alpha value is -1.64. The molecule has 132 valence electrons. The van der Waals surface area contributed by atoms with Crippen LogP contribution in [0.15, 0.2) is 60.7 Å². The monoisotopic (exact) mass is 335 g/mol. The summed E-state index contributed by atoms with van der Waals surface area (Å²) in [7, 11) is 0. The highest BCUT2D eigenvalue weighted by molar-refractivity contribution is 5.37. The molecule has 0 bridgehead atoms. The molecule has 2 aliphatic rings. The first kappa shape index (κ1) is 16.8. The molecule has 0 radical (unpaired) electrons. The maximum atomic E-state index is 12.2. The summed E-state index contributed by atoms with van der Waals surface area (Å²) >= 11 is 0. The summed E-state index contributed by atoms with van der Waals surface area (Å²) in [6, 6.07) is 21.2. The first-order valence-corrected chi connectivity index (χ1v) is 9.87. The summed E-state index contributed by atoms with van der Waals surface area (Å²) in [5.41, 5.74) is 1.17. The molecule has 1 N–H and O–H groups in total. The van der Waals surface area contributed by atoms with Crippen molar-refractivity contribution in [2.75, 3.05) is 13.1 Å². The van der Waals surface area contributed by atoms with Gasteiger partial charge in [0.15, 0.2) is 0 Å². The van der Waals surface area contributed by atoms with E-state index in [0.717, 1.165) is 17.5 Å². The van der Waals surface area contributed by atoms with Crippen molar-refractivity contribution in [3.05, 3.63) is 71.8 Å². The van der Waals surface area contributed by atoms with Crippen molar-refractivity contribution >= 4 is 0 Å². The SMILES string of the molecule is OC(c1ccccc1)(c1ccccc1)[C@@H]1CCCC[C@@H]1N1CCCC1. The molecule has 0 amide bonds. The van der Waals surface area contributed by atoms with Crippen molar-refractivity contribution in [3.63, 3.8) is 0 Å². The Morgan fingerprint density at radius 1 is 0.720 bits per heavy atom. The van der Waals surface area contributed by atoms with Crippen molar-refractivity contribution in [1.29, 1.82) is 0 Å². The number of rotatable bonds is 4. The van der Waals surface area contributed by atoms with Gasteiger partial charge in [0.25, 0.3) is 0 Å². The highest BCUT2D eigenvalue weighted by Gasteiger charge is 2.46. The normalized spacial score (nSPS) is 25.2. The Balaban J connectivity index is 1.79. The van der Waals surface area contributed by atoms with Crippen LogP contribution in [0, 0.1) is 5.92 Å². The second kappa shape index (κ2) is 7.31. The fraction of sp³-hybridized carbons (Fsp3) is 0.478. The Labute approximate surface area is 151 Å². The molecule has 2 aromatic rings. The lowest BCUT2D eigenvalue weighted by Crippen LogP contribution is -2.51. The van der Waals surface area contributed by atoms with Crippen LogP contribution in [0.4, 0.5) is 0 Å². The Bertz CT molecular complexity index is 624. The third-order valence-electron chi connectivity index (χ3n) is 6.30. The van der Waals surface area contributed by atoms with Crippen molar-refractivity contribution in [2.45, 2.75) is 50.2 Å². The van der Waals surface area contributed by atoms with E-state index in [0.29, 0.717) is 6.04 Å². The van der Waals surface area contributed by atoms with Crippen LogP contribution in [-0.4, -0.2) is 29.1 Å². The number of benzene rings is 2. The Morgan fingerprint density at radius 3 is 1.80 bits per heavy atom. The van der Waals surface area contributed by atoms with Gasteiger partial charge in [-0.15, -0.1) is 0 Å². The van der Waals surface area contributed by atoms with E-state index in [1.54, 1.807) is 0 Å². The van der Waals surface area contributed by atoms with E-state index in [9.17, 15) is 5.11 Å². The van der Waals surface area contributed by atoms with Gasteiger partial charge in [0, 0.05) is 12.0 Å². The second-order valence-electron chi connectivity index (χ2n) is 7.70. The van der Waals surface area contributed by atoms with Gasteiger partial charge in [-0.25, -0.2) is 0 Å². The summed E-state index contributed by atoms with van der Waals surface area (Å²) in [5, 5.41) is 12.2. The zero-order valence-electron chi connectivity index (χ0n) is 15.0. The molecule has 25 heavy (non-hydrogen) atoms. The van der Waals surface area contributed by atoms with Crippen LogP contribution in [0.25, 0.3) is 0 Å². The largest absolute Gasteiger partial charge is 0.380 e. The molecular weight excluding hydrogens is 306 g/mol. The molecule has 0 unspecified atom stereocenters. The zero-order valence-corrected chi connectivity index (χ0v) is 15.0. The van der Waals surface area contributed by atoms with E-state index < -0.39 is 5.60 Å². The number of nitrogens with zero attached hydrogens (tertiary/aromatic N) is 1. The minimum atomic E-state index is -0.907. The molecule has 2 heteroatoms. The van der Waals surface area contributed by atoms with E-state index in [2.05, 4.69) is 53.4 Å². The predicted octanol–water partition coefficient (Wildman–Crippen LogP) is 4.58. The molecule has 4 rings (SSSR count). The number of likely N-dealkylation sites (tertiary alicyclic amines) is 1. The first-order valence-electron chi connectivity index (χ1n) is 9.87. The first-order chi connectivity index (χ1) is 12.3. The van der Waals surface area contributed by atoms with Gasteiger partial charge in [-0.2, -0.15) is 0 Å². The maximum absolute atomic E-state index is 12.2. The lowest BCUT2D eigenvalue weighted by Gasteiger charge is -2.47. The molecule has 2 fully saturated rings. The van der Waals surface area contributed by atoms with Crippen LogP contribution in [0.1, 0.15) is 49.7 Å². The fourth-order valence-corrected chi connectivity index (χ4v) is 5.09. The van der Waals surface area contributed by atoms with Gasteiger partial charge >= 0.3 is 0 Å². The Morgan fingerprint density at radius 2 is 1.24 bits per heavy atom. The number of hydrogen-bond acceptors (Lipinski definition) is 2. The molecule has 1 saturated heterocycles. The highest BCUT2D eigenvalue weighted by atomic mass is 16.3. The van der Waals surface area contributed by atoms with Crippen LogP contribution in [-0.2, 0) is 5.60 Å². The van der Waals surface area contributed by atoms with E-state index in [-0.39, 0.29) is 5.92 Å². The standard InChI is InChI=1S/C23H29NO/c25-23(19-11-3-1-4-12-19,20-13-5-2-6-14-20)21-15-7-8-16-22(21)24-17-9-10-18-24/h1-6,11-14,21-22,25H,7-10,15-18H2/t21-,22+/m1/s1. The van der Waals surface area contributed by atoms with Crippen LogP contribution in [0.5, 0.6) is 0 Å². The molecule has 1 aliphatic heterocycles. The molecule has 0 spiro atoms. The van der Waals surface area contributed by atoms with Gasteiger partial charge < -0.3 is 5.11 Å². The second-order valence-corrected chi connectivity index (χ2v) is 7.70. The predicted molar refractivity (Wildman–Crippen MR) is 102 cm³/mol. The molecular formula is C23H29NO. The van der Waals surface area contributed by atoms with Gasteiger partial charge in [-0.1, -0.05) is 73.5 Å². The lowest BCUT2D eigenvalue weighted by molar-refractivity contribution is -0.0434. The quantitative estimate of drug-likeness (QED) is 0.884. The zero-order chi connectivity index (χ0) is 17.1. The summed E-state index contributed by atoms with van der Waals surface area (Å²) < 4.78 is 0. The third kappa shape index (κ3) is 3.14. The lowest BCUT2D eigenvalue weighted by atomic mass is 9.67. The van der Waals surface area contributed by atoms with Gasteiger partial charge in [-0.05, 0) is 49.9 Å². The maximum Gasteiger partial charge on any atom is 0.119 e. The highest BCUT2D eigenvalue weighted by Crippen LogP contribution is 2.46. The summed E-state index contributed by atoms with van der Waals surface area (Å²) in [6.07, 6.45) is 7.43. The smallest absolute Gasteiger partial charge is 0.119 e. The average Bonchev–Trinajstić information content (AvgIpc) is 3.23. The molecule has 1 heterocycles. The van der Waals surface area contributed by atoms with Crippen LogP contribution in [0.2, 0.25) is 0 Å². The molecule has 0 aromatic heterocycles. The van der Waals surface area contributed by atoms with Gasteiger partial charge in [0.2, 0.25) is 0 Å². The third-order valence-corrected chi connectivity index (χ3v) is 6.30. The average molecular weight is 335 g/mol. The summed E-state index contributed by atoms with van der Waals surface area (Å²) in [5.74, 6) is 0.254. The minimum Gasteiger partial charge on any atom is -0.380 e. The van der Waals surface area contributed by atoms with Crippen molar-refractivity contribution in [2.24, 2.45) is 5.92 Å². The van der Waals surface area contributed by atoms with Crippen molar-refractivity contribution in [3.8, 4) is 0 Å². The van der Waals surface area contributed by atoms with E-state index >= 15 is 0 Å². The van der Waals surface area contributed by atoms with Gasteiger partial charge in [-0.3, -0.25) is 4.90 Å².